The van der Waals surface area contributed by atoms with Crippen LogP contribution in [0.4, 0.5) is 11.4 Å². The Morgan fingerprint density at radius 1 is 0.806 bits per heavy atom. The van der Waals surface area contributed by atoms with Crippen molar-refractivity contribution < 1.29 is 14.4 Å². The molecule has 3 amide bonds. The zero-order chi connectivity index (χ0) is 21.1. The number of rotatable bonds is 3. The summed E-state index contributed by atoms with van der Waals surface area (Å²) in [4.78, 5) is 40.2. The van der Waals surface area contributed by atoms with Gasteiger partial charge < -0.3 is 5.32 Å². The molecule has 0 spiro atoms. The van der Waals surface area contributed by atoms with E-state index in [4.69, 9.17) is 0 Å². The Hall–Kier alpha value is -3.47. The van der Waals surface area contributed by atoms with E-state index in [9.17, 15) is 14.4 Å². The van der Waals surface area contributed by atoms with E-state index < -0.39 is 0 Å². The molecule has 0 unspecified atom stereocenters. The summed E-state index contributed by atoms with van der Waals surface area (Å²) < 4.78 is 0. The lowest BCUT2D eigenvalue weighted by Crippen LogP contribution is -2.32. The lowest BCUT2D eigenvalue weighted by atomic mass is 9.81. The van der Waals surface area contributed by atoms with Crippen LogP contribution in [-0.4, -0.2) is 17.7 Å². The highest BCUT2D eigenvalue weighted by Gasteiger charge is 2.61. The molecule has 1 heterocycles. The van der Waals surface area contributed by atoms with Gasteiger partial charge in [0.1, 0.15) is 0 Å². The zero-order valence-corrected chi connectivity index (χ0v) is 17.0. The lowest BCUT2D eigenvalue weighted by molar-refractivity contribution is -0.123. The van der Waals surface area contributed by atoms with Crippen molar-refractivity contribution in [1.82, 2.24) is 0 Å². The second-order valence-electron chi connectivity index (χ2n) is 8.92. The van der Waals surface area contributed by atoms with Gasteiger partial charge in [-0.3, -0.25) is 19.3 Å². The Balaban J connectivity index is 1.24. The standard InChI is InChI=1S/C26H22N2O3/c29-24(27-21-7-3-5-15-4-1-2-6-20(15)21)16-10-12-19(13-11-16)28-25(30)22-17-8-9-18(14-17)23(22)26(28)31/h1-7,10-13,17-18,22-23H,8-9,14H2,(H,27,29)/t17-,18+,22-,23+. The predicted molar refractivity (Wildman–Crippen MR) is 119 cm³/mol. The highest BCUT2D eigenvalue weighted by atomic mass is 16.2. The monoisotopic (exact) mass is 410 g/mol. The van der Waals surface area contributed by atoms with Crippen molar-refractivity contribution in [2.75, 3.05) is 10.2 Å². The molecule has 3 aromatic carbocycles. The fourth-order valence-corrected chi connectivity index (χ4v) is 5.95. The van der Waals surface area contributed by atoms with Gasteiger partial charge in [0.15, 0.2) is 0 Å². The Kier molecular flexibility index (Phi) is 4.00. The van der Waals surface area contributed by atoms with Crippen molar-refractivity contribution in [2.45, 2.75) is 19.3 Å². The molecule has 2 aliphatic carbocycles. The summed E-state index contributed by atoms with van der Waals surface area (Å²) in [6.45, 7) is 0. The Morgan fingerprint density at radius 2 is 1.45 bits per heavy atom. The van der Waals surface area contributed by atoms with Crippen LogP contribution in [0.1, 0.15) is 29.6 Å². The van der Waals surface area contributed by atoms with E-state index in [-0.39, 0.29) is 29.6 Å². The van der Waals surface area contributed by atoms with Crippen LogP contribution in [0.2, 0.25) is 0 Å². The SMILES string of the molecule is O=C(Nc1cccc2ccccc12)c1ccc(N2C(=O)[C@@H]3[C@@H]4CC[C@@H](C4)[C@@H]3C2=O)cc1. The van der Waals surface area contributed by atoms with Crippen LogP contribution in [0.25, 0.3) is 10.8 Å². The quantitative estimate of drug-likeness (QED) is 0.641. The molecule has 0 aromatic heterocycles. The van der Waals surface area contributed by atoms with E-state index in [0.29, 0.717) is 23.1 Å². The second-order valence-corrected chi connectivity index (χ2v) is 8.92. The number of hydrogen-bond donors (Lipinski definition) is 1. The summed E-state index contributed by atoms with van der Waals surface area (Å²) in [5, 5.41) is 5.01. The van der Waals surface area contributed by atoms with Gasteiger partial charge in [-0.1, -0.05) is 36.4 Å². The van der Waals surface area contributed by atoms with Gasteiger partial charge in [0.25, 0.3) is 5.91 Å². The molecule has 154 valence electrons. The van der Waals surface area contributed by atoms with Gasteiger partial charge in [0, 0.05) is 16.6 Å². The smallest absolute Gasteiger partial charge is 0.255 e. The number of nitrogens with zero attached hydrogens (tertiary/aromatic N) is 1. The maximum atomic E-state index is 13.0. The molecule has 2 bridgehead atoms. The highest BCUT2D eigenvalue weighted by molar-refractivity contribution is 6.22. The van der Waals surface area contributed by atoms with Gasteiger partial charge in [-0.2, -0.15) is 0 Å². The van der Waals surface area contributed by atoms with Gasteiger partial charge in [-0.15, -0.1) is 0 Å². The molecule has 3 fully saturated rings. The zero-order valence-electron chi connectivity index (χ0n) is 17.0. The highest BCUT2D eigenvalue weighted by Crippen LogP contribution is 2.56. The fraction of sp³-hybridized carbons (Fsp3) is 0.269. The Bertz CT molecular complexity index is 1200. The van der Waals surface area contributed by atoms with E-state index in [0.717, 1.165) is 35.7 Å². The topological polar surface area (TPSA) is 66.5 Å². The molecule has 1 aliphatic heterocycles. The molecule has 6 rings (SSSR count). The van der Waals surface area contributed by atoms with E-state index in [1.807, 2.05) is 42.5 Å². The maximum absolute atomic E-state index is 13.0. The van der Waals surface area contributed by atoms with Gasteiger partial charge >= 0.3 is 0 Å². The van der Waals surface area contributed by atoms with E-state index in [2.05, 4.69) is 5.32 Å². The minimum atomic E-state index is -0.225. The van der Waals surface area contributed by atoms with Crippen LogP contribution in [-0.2, 0) is 9.59 Å². The third kappa shape index (κ3) is 2.73. The average Bonchev–Trinajstić information content (AvgIpc) is 3.48. The molecule has 2 saturated carbocycles. The molecule has 31 heavy (non-hydrogen) atoms. The van der Waals surface area contributed by atoms with Crippen LogP contribution in [0.3, 0.4) is 0 Å². The number of amides is 3. The number of hydrogen-bond acceptors (Lipinski definition) is 3. The molecular weight excluding hydrogens is 388 g/mol. The molecule has 0 radical (unpaired) electrons. The number of fused-ring (bicyclic) bond motifs is 6. The maximum Gasteiger partial charge on any atom is 0.255 e. The Morgan fingerprint density at radius 3 is 2.16 bits per heavy atom. The minimum Gasteiger partial charge on any atom is -0.321 e. The number of anilines is 2. The van der Waals surface area contributed by atoms with Crippen molar-refractivity contribution in [2.24, 2.45) is 23.7 Å². The van der Waals surface area contributed by atoms with Crippen molar-refractivity contribution in [3.63, 3.8) is 0 Å². The summed E-state index contributed by atoms with van der Waals surface area (Å²) in [6.07, 6.45) is 3.14. The van der Waals surface area contributed by atoms with Crippen LogP contribution in [0.15, 0.2) is 66.7 Å². The first kappa shape index (κ1) is 18.3. The van der Waals surface area contributed by atoms with Crippen molar-refractivity contribution in [3.8, 4) is 0 Å². The molecule has 3 aromatic rings. The third-order valence-corrected chi connectivity index (χ3v) is 7.35. The van der Waals surface area contributed by atoms with Gasteiger partial charge in [-0.25, -0.2) is 0 Å². The molecule has 1 N–H and O–H groups in total. The number of carbonyl (C=O) groups excluding carboxylic acids is 3. The van der Waals surface area contributed by atoms with Crippen molar-refractivity contribution in [3.05, 3.63) is 72.3 Å². The summed E-state index contributed by atoms with van der Waals surface area (Å²) in [7, 11) is 0. The fourth-order valence-electron chi connectivity index (χ4n) is 5.95. The van der Waals surface area contributed by atoms with E-state index in [1.165, 1.54) is 4.90 Å². The first-order valence-corrected chi connectivity index (χ1v) is 10.9. The van der Waals surface area contributed by atoms with Crippen LogP contribution in [0.5, 0.6) is 0 Å². The molecule has 5 nitrogen and oxygen atoms in total. The number of carbonyl (C=O) groups is 3. The molecule has 4 atom stereocenters. The Labute approximate surface area is 180 Å². The molecular formula is C26H22N2O3. The normalized spacial score (nSPS) is 26.5. The van der Waals surface area contributed by atoms with Gasteiger partial charge in [-0.05, 0) is 66.8 Å². The lowest BCUT2D eigenvalue weighted by Gasteiger charge is -2.19. The van der Waals surface area contributed by atoms with Crippen LogP contribution < -0.4 is 10.2 Å². The van der Waals surface area contributed by atoms with Crippen molar-refractivity contribution >= 4 is 39.9 Å². The minimum absolute atomic E-state index is 0.0600. The number of benzene rings is 3. The van der Waals surface area contributed by atoms with Crippen molar-refractivity contribution in [1.29, 1.82) is 0 Å². The number of imide groups is 1. The largest absolute Gasteiger partial charge is 0.321 e. The molecule has 3 aliphatic rings. The summed E-state index contributed by atoms with van der Waals surface area (Å²) in [6, 6.07) is 20.5. The molecule has 1 saturated heterocycles. The van der Waals surface area contributed by atoms with Crippen LogP contribution in [0, 0.1) is 23.7 Å². The summed E-state index contributed by atoms with van der Waals surface area (Å²) in [5.41, 5.74) is 1.79. The first-order valence-electron chi connectivity index (χ1n) is 10.9. The van der Waals surface area contributed by atoms with Crippen LogP contribution >= 0.6 is 0 Å². The molecule has 5 heteroatoms. The predicted octanol–water partition coefficient (Wildman–Crippen LogP) is 4.63. The van der Waals surface area contributed by atoms with Gasteiger partial charge in [0.2, 0.25) is 11.8 Å². The summed E-state index contributed by atoms with van der Waals surface area (Å²) in [5.74, 6) is 0.104. The first-order chi connectivity index (χ1) is 15.1. The van der Waals surface area contributed by atoms with E-state index >= 15 is 0 Å². The summed E-state index contributed by atoms with van der Waals surface area (Å²) >= 11 is 0. The number of nitrogens with one attached hydrogen (secondary N) is 1. The third-order valence-electron chi connectivity index (χ3n) is 7.35. The second kappa shape index (κ2) is 6.77. The van der Waals surface area contributed by atoms with E-state index in [1.54, 1.807) is 24.3 Å². The average molecular weight is 410 g/mol. The van der Waals surface area contributed by atoms with Gasteiger partial charge in [0.05, 0.1) is 17.5 Å².